The maximum absolute atomic E-state index is 11.5. The van der Waals surface area contributed by atoms with Gasteiger partial charge in [0.1, 0.15) is 5.82 Å². The normalized spacial score (nSPS) is 14.0. The molecule has 0 aliphatic rings. The fourth-order valence-corrected chi connectivity index (χ4v) is 2.58. The minimum atomic E-state index is -3.18. The summed E-state index contributed by atoms with van der Waals surface area (Å²) >= 11 is 0. The number of aromatic nitrogens is 2. The highest BCUT2D eigenvalue weighted by Gasteiger charge is 2.14. The third kappa shape index (κ3) is 4.44. The number of imidazole rings is 1. The predicted molar refractivity (Wildman–Crippen MR) is 58.7 cm³/mol. The fourth-order valence-electron chi connectivity index (χ4n) is 1.12. The zero-order valence-electron chi connectivity index (χ0n) is 9.03. The maximum atomic E-state index is 11.5. The number of hydrogen-bond donors (Lipinski definition) is 2. The van der Waals surface area contributed by atoms with E-state index in [9.17, 15) is 8.42 Å². The van der Waals surface area contributed by atoms with E-state index in [1.807, 2.05) is 13.8 Å². The van der Waals surface area contributed by atoms with Crippen molar-refractivity contribution in [1.82, 2.24) is 14.7 Å². The largest absolute Gasteiger partial charge is 0.347 e. The molecule has 0 radical (unpaired) electrons. The van der Waals surface area contributed by atoms with Gasteiger partial charge in [0.05, 0.1) is 12.3 Å². The first kappa shape index (κ1) is 12.2. The topological polar surface area (TPSA) is 74.8 Å². The van der Waals surface area contributed by atoms with Crippen LogP contribution in [0.5, 0.6) is 0 Å². The Bertz CT molecular complexity index is 372. The average Bonchev–Trinajstić information content (AvgIpc) is 2.66. The first-order valence-corrected chi connectivity index (χ1v) is 6.64. The van der Waals surface area contributed by atoms with Crippen LogP contribution in [-0.4, -0.2) is 24.1 Å². The van der Waals surface area contributed by atoms with Crippen LogP contribution in [0.1, 0.15) is 26.1 Å². The lowest BCUT2D eigenvalue weighted by Crippen LogP contribution is -2.29. The number of hydrogen-bond acceptors (Lipinski definition) is 3. The summed E-state index contributed by atoms with van der Waals surface area (Å²) in [6.07, 6.45) is 4.12. The predicted octanol–water partition coefficient (Wildman–Crippen LogP) is 0.875. The molecule has 0 saturated carbocycles. The van der Waals surface area contributed by atoms with Crippen LogP contribution in [0, 0.1) is 5.92 Å². The van der Waals surface area contributed by atoms with Crippen molar-refractivity contribution in [3.05, 3.63) is 18.2 Å². The van der Waals surface area contributed by atoms with Gasteiger partial charge in [-0.25, -0.2) is 18.1 Å². The summed E-state index contributed by atoms with van der Waals surface area (Å²) in [7, 11) is -3.18. The first-order chi connectivity index (χ1) is 7.03. The van der Waals surface area contributed by atoms with E-state index in [0.717, 1.165) is 6.42 Å². The second-order valence-corrected chi connectivity index (χ2v) is 5.50. The fraction of sp³-hybridized carbons (Fsp3) is 0.667. The van der Waals surface area contributed by atoms with E-state index < -0.39 is 10.0 Å². The number of aromatic amines is 1. The van der Waals surface area contributed by atoms with Gasteiger partial charge in [-0.1, -0.05) is 20.3 Å². The zero-order chi connectivity index (χ0) is 11.3. The number of H-pyrrole nitrogens is 1. The second kappa shape index (κ2) is 5.27. The van der Waals surface area contributed by atoms with Gasteiger partial charge in [0, 0.05) is 12.4 Å². The van der Waals surface area contributed by atoms with Crippen molar-refractivity contribution in [3.63, 3.8) is 0 Å². The van der Waals surface area contributed by atoms with Crippen LogP contribution < -0.4 is 4.72 Å². The van der Waals surface area contributed by atoms with E-state index in [1.54, 1.807) is 12.4 Å². The molecule has 0 aliphatic heterocycles. The van der Waals surface area contributed by atoms with E-state index in [-0.39, 0.29) is 18.2 Å². The first-order valence-electron chi connectivity index (χ1n) is 4.99. The van der Waals surface area contributed by atoms with Crippen molar-refractivity contribution >= 4 is 10.0 Å². The molecule has 1 rings (SSSR count). The van der Waals surface area contributed by atoms with Crippen LogP contribution in [0.4, 0.5) is 0 Å². The molecule has 86 valence electrons. The zero-order valence-corrected chi connectivity index (χ0v) is 9.84. The molecule has 2 N–H and O–H groups in total. The highest BCUT2D eigenvalue weighted by Crippen LogP contribution is 2.04. The molecule has 1 heterocycles. The summed E-state index contributed by atoms with van der Waals surface area (Å²) in [5.74, 6) is 0.978. The molecule has 6 heteroatoms. The summed E-state index contributed by atoms with van der Waals surface area (Å²) in [5, 5.41) is 0. The Morgan fingerprint density at radius 2 is 2.33 bits per heavy atom. The Labute approximate surface area is 90.4 Å². The highest BCUT2D eigenvalue weighted by molar-refractivity contribution is 7.89. The Morgan fingerprint density at radius 1 is 1.60 bits per heavy atom. The lowest BCUT2D eigenvalue weighted by molar-refractivity contribution is 0.551. The van der Waals surface area contributed by atoms with Gasteiger partial charge in [-0.2, -0.15) is 0 Å². The van der Waals surface area contributed by atoms with Crippen molar-refractivity contribution in [3.8, 4) is 0 Å². The van der Waals surface area contributed by atoms with Gasteiger partial charge in [-0.15, -0.1) is 0 Å². The molecule has 1 aromatic rings. The van der Waals surface area contributed by atoms with Crippen molar-refractivity contribution in [2.45, 2.75) is 26.8 Å². The van der Waals surface area contributed by atoms with Gasteiger partial charge in [-0.3, -0.25) is 0 Å². The van der Waals surface area contributed by atoms with Crippen molar-refractivity contribution in [1.29, 1.82) is 0 Å². The molecule has 1 atom stereocenters. The van der Waals surface area contributed by atoms with Crippen LogP contribution in [0.2, 0.25) is 0 Å². The monoisotopic (exact) mass is 231 g/mol. The van der Waals surface area contributed by atoms with Gasteiger partial charge >= 0.3 is 0 Å². The quantitative estimate of drug-likeness (QED) is 0.763. The lowest BCUT2D eigenvalue weighted by atomic mass is 10.2. The third-order valence-corrected chi connectivity index (χ3v) is 3.81. The Hall–Kier alpha value is -0.880. The van der Waals surface area contributed by atoms with Gasteiger partial charge in [0.15, 0.2) is 0 Å². The number of rotatable bonds is 6. The van der Waals surface area contributed by atoms with Gasteiger partial charge in [0.25, 0.3) is 0 Å². The summed E-state index contributed by atoms with van der Waals surface area (Å²) in [5.41, 5.74) is 0. The molecule has 0 amide bonds. The molecule has 0 aliphatic carbocycles. The third-order valence-electron chi connectivity index (χ3n) is 2.22. The summed E-state index contributed by atoms with van der Waals surface area (Å²) in [6, 6.07) is 0. The van der Waals surface area contributed by atoms with E-state index in [1.165, 1.54) is 0 Å². The minimum absolute atomic E-state index is 0.171. The highest BCUT2D eigenvalue weighted by atomic mass is 32.2. The lowest BCUT2D eigenvalue weighted by Gasteiger charge is -2.09. The van der Waals surface area contributed by atoms with Gasteiger partial charge < -0.3 is 4.98 Å². The Balaban J connectivity index is 2.43. The number of nitrogens with one attached hydrogen (secondary N) is 2. The molecular weight excluding hydrogens is 214 g/mol. The molecule has 1 unspecified atom stereocenters. The van der Waals surface area contributed by atoms with Crippen LogP contribution >= 0.6 is 0 Å². The van der Waals surface area contributed by atoms with Crippen LogP contribution in [-0.2, 0) is 16.6 Å². The van der Waals surface area contributed by atoms with E-state index in [4.69, 9.17) is 0 Å². The standard InChI is InChI=1S/C9H17N3O2S/c1-3-8(2)7-15(13,14)12-6-9-10-4-5-11-9/h4-5,8,12H,3,6-7H2,1-2H3,(H,10,11). The molecule has 0 saturated heterocycles. The van der Waals surface area contributed by atoms with Crippen molar-refractivity contribution in [2.24, 2.45) is 5.92 Å². The summed E-state index contributed by atoms with van der Waals surface area (Å²) < 4.78 is 25.6. The van der Waals surface area contributed by atoms with Crippen molar-refractivity contribution in [2.75, 3.05) is 5.75 Å². The van der Waals surface area contributed by atoms with Crippen molar-refractivity contribution < 1.29 is 8.42 Å². The maximum Gasteiger partial charge on any atom is 0.212 e. The Kier molecular flexibility index (Phi) is 4.28. The van der Waals surface area contributed by atoms with Crippen LogP contribution in [0.3, 0.4) is 0 Å². The molecule has 1 aromatic heterocycles. The number of sulfonamides is 1. The summed E-state index contributed by atoms with van der Waals surface area (Å²) in [4.78, 5) is 6.78. The molecule has 0 aromatic carbocycles. The second-order valence-electron chi connectivity index (χ2n) is 3.65. The molecule has 15 heavy (non-hydrogen) atoms. The number of nitrogens with zero attached hydrogens (tertiary/aromatic N) is 1. The molecule has 5 nitrogen and oxygen atoms in total. The van der Waals surface area contributed by atoms with E-state index in [2.05, 4.69) is 14.7 Å². The molecule has 0 spiro atoms. The van der Waals surface area contributed by atoms with E-state index in [0.29, 0.717) is 5.82 Å². The average molecular weight is 231 g/mol. The SMILES string of the molecule is CCC(C)CS(=O)(=O)NCc1ncc[nH]1. The van der Waals surface area contributed by atoms with E-state index >= 15 is 0 Å². The summed E-state index contributed by atoms with van der Waals surface area (Å²) in [6.45, 7) is 4.13. The molecular formula is C9H17N3O2S. The van der Waals surface area contributed by atoms with Crippen LogP contribution in [0.15, 0.2) is 12.4 Å². The van der Waals surface area contributed by atoms with Gasteiger partial charge in [-0.05, 0) is 5.92 Å². The minimum Gasteiger partial charge on any atom is -0.347 e. The smallest absolute Gasteiger partial charge is 0.212 e. The van der Waals surface area contributed by atoms with Crippen LogP contribution in [0.25, 0.3) is 0 Å². The Morgan fingerprint density at radius 3 is 2.87 bits per heavy atom. The molecule has 0 bridgehead atoms. The van der Waals surface area contributed by atoms with Gasteiger partial charge in [0.2, 0.25) is 10.0 Å². The molecule has 0 fully saturated rings.